The van der Waals surface area contributed by atoms with E-state index in [9.17, 15) is 9.59 Å². The zero-order valence-electron chi connectivity index (χ0n) is 11.9. The third-order valence-corrected chi connectivity index (χ3v) is 5.63. The summed E-state index contributed by atoms with van der Waals surface area (Å²) in [6.45, 7) is 1.34. The van der Waals surface area contributed by atoms with E-state index in [0.717, 1.165) is 49.1 Å². The normalized spacial score (nSPS) is 19.2. The van der Waals surface area contributed by atoms with Crippen LogP contribution in [0.3, 0.4) is 0 Å². The number of hydrogen-bond acceptors (Lipinski definition) is 4. The molecule has 21 heavy (non-hydrogen) atoms. The van der Waals surface area contributed by atoms with E-state index in [0.29, 0.717) is 11.4 Å². The van der Waals surface area contributed by atoms with Crippen LogP contribution in [0.5, 0.6) is 0 Å². The zero-order chi connectivity index (χ0) is 14.8. The minimum atomic E-state index is -0.473. The number of carbonyl (C=O) groups excluding carboxylic acids is 2. The second kappa shape index (κ2) is 6.15. The first kappa shape index (κ1) is 14.5. The van der Waals surface area contributed by atoms with Gasteiger partial charge in [0.2, 0.25) is 5.91 Å². The number of nitrogens with one attached hydrogen (secondary N) is 1. The summed E-state index contributed by atoms with van der Waals surface area (Å²) in [5.41, 5.74) is 2.80. The Balaban J connectivity index is 1.70. The Labute approximate surface area is 127 Å². The average molecular weight is 308 g/mol. The summed E-state index contributed by atoms with van der Waals surface area (Å²) in [5.74, 6) is 0.00180. The van der Waals surface area contributed by atoms with E-state index in [1.165, 1.54) is 17.8 Å². The highest BCUT2D eigenvalue weighted by molar-refractivity contribution is 7.14. The van der Waals surface area contributed by atoms with E-state index in [1.54, 1.807) is 5.48 Å². The molecule has 1 saturated carbocycles. The van der Waals surface area contributed by atoms with Gasteiger partial charge in [-0.2, -0.15) is 0 Å². The lowest BCUT2D eigenvalue weighted by atomic mass is 9.88. The summed E-state index contributed by atoms with van der Waals surface area (Å²) in [7, 11) is 0. The Bertz CT molecular complexity index is 549. The van der Waals surface area contributed by atoms with Gasteiger partial charge in [0.15, 0.2) is 0 Å². The van der Waals surface area contributed by atoms with E-state index in [4.69, 9.17) is 5.21 Å². The molecule has 1 aliphatic heterocycles. The number of hydrogen-bond donors (Lipinski definition) is 2. The van der Waals surface area contributed by atoms with Gasteiger partial charge >= 0.3 is 0 Å². The highest BCUT2D eigenvalue weighted by Crippen LogP contribution is 2.31. The fourth-order valence-electron chi connectivity index (χ4n) is 3.28. The number of nitrogens with zero attached hydrogens (tertiary/aromatic N) is 1. The lowest BCUT2D eigenvalue weighted by Gasteiger charge is -2.31. The topological polar surface area (TPSA) is 69.6 Å². The van der Waals surface area contributed by atoms with E-state index >= 15 is 0 Å². The first-order valence-electron chi connectivity index (χ1n) is 7.54. The van der Waals surface area contributed by atoms with Crippen LogP contribution in [0.15, 0.2) is 6.07 Å². The van der Waals surface area contributed by atoms with Crippen LogP contribution < -0.4 is 5.48 Å². The lowest BCUT2D eigenvalue weighted by Crippen LogP contribution is -2.39. The fourth-order valence-corrected chi connectivity index (χ4v) is 4.40. The minimum Gasteiger partial charge on any atom is -0.337 e. The minimum absolute atomic E-state index is 0.195. The van der Waals surface area contributed by atoms with Crippen molar-refractivity contribution >= 4 is 23.2 Å². The monoisotopic (exact) mass is 308 g/mol. The first-order valence-corrected chi connectivity index (χ1v) is 8.35. The largest absolute Gasteiger partial charge is 0.337 e. The quantitative estimate of drug-likeness (QED) is 0.651. The summed E-state index contributed by atoms with van der Waals surface area (Å²) in [6, 6.07) is 1.83. The molecule has 2 heterocycles. The van der Waals surface area contributed by atoms with Crippen LogP contribution in [-0.2, 0) is 17.8 Å². The number of hydroxylamine groups is 1. The fraction of sp³-hybridized carbons (Fsp3) is 0.600. The van der Waals surface area contributed by atoms with Gasteiger partial charge in [-0.25, -0.2) is 5.48 Å². The molecule has 0 radical (unpaired) electrons. The summed E-state index contributed by atoms with van der Waals surface area (Å²) in [5, 5.41) is 8.70. The molecule has 1 aromatic rings. The van der Waals surface area contributed by atoms with Crippen LogP contribution in [0.1, 0.15) is 52.2 Å². The van der Waals surface area contributed by atoms with Gasteiger partial charge in [0.05, 0.1) is 11.4 Å². The first-order chi connectivity index (χ1) is 10.2. The van der Waals surface area contributed by atoms with Crippen molar-refractivity contribution in [3.8, 4) is 0 Å². The van der Waals surface area contributed by atoms with Gasteiger partial charge in [0.25, 0.3) is 5.91 Å². The van der Waals surface area contributed by atoms with Crippen LogP contribution in [0.4, 0.5) is 0 Å². The van der Waals surface area contributed by atoms with E-state index in [2.05, 4.69) is 0 Å². The molecule has 0 spiro atoms. The molecule has 2 amide bonds. The smallest absolute Gasteiger partial charge is 0.284 e. The Hall–Kier alpha value is -1.40. The number of fused-ring (bicyclic) bond motifs is 1. The molecule has 0 saturated heterocycles. The standard InChI is InChI=1S/C15H20N2O3S/c18-14(16-20)12-8-11-6-7-17(9-13(11)21-12)15(19)10-4-2-1-3-5-10/h8,10,20H,1-7,9H2,(H,16,18). The van der Waals surface area contributed by atoms with Crippen molar-refractivity contribution < 1.29 is 14.8 Å². The van der Waals surface area contributed by atoms with Crippen molar-refractivity contribution in [2.45, 2.75) is 45.1 Å². The maximum Gasteiger partial charge on any atom is 0.284 e. The van der Waals surface area contributed by atoms with Gasteiger partial charge in [0.1, 0.15) is 0 Å². The van der Waals surface area contributed by atoms with Crippen molar-refractivity contribution in [2.75, 3.05) is 6.54 Å². The highest BCUT2D eigenvalue weighted by Gasteiger charge is 2.29. The molecule has 114 valence electrons. The molecule has 5 nitrogen and oxygen atoms in total. The summed E-state index contributed by atoms with van der Waals surface area (Å²) < 4.78 is 0. The summed E-state index contributed by atoms with van der Waals surface area (Å²) in [6.07, 6.45) is 6.40. The zero-order valence-corrected chi connectivity index (χ0v) is 12.7. The molecule has 2 N–H and O–H groups in total. The number of amides is 2. The Morgan fingerprint density at radius 1 is 1.29 bits per heavy atom. The predicted octanol–water partition coefficient (Wildman–Crippen LogP) is 2.33. The molecule has 2 aliphatic rings. The number of carbonyl (C=O) groups is 2. The van der Waals surface area contributed by atoms with Gasteiger partial charge in [-0.05, 0) is 30.9 Å². The Morgan fingerprint density at radius 3 is 2.76 bits per heavy atom. The maximum atomic E-state index is 12.6. The molecule has 1 aliphatic carbocycles. The Kier molecular flexibility index (Phi) is 4.26. The van der Waals surface area contributed by atoms with Crippen LogP contribution in [0.25, 0.3) is 0 Å². The van der Waals surface area contributed by atoms with E-state index < -0.39 is 5.91 Å². The molecule has 1 aromatic heterocycles. The molecule has 0 bridgehead atoms. The second-order valence-electron chi connectivity index (χ2n) is 5.84. The Morgan fingerprint density at radius 2 is 2.05 bits per heavy atom. The molecule has 0 atom stereocenters. The molecule has 6 heteroatoms. The van der Waals surface area contributed by atoms with E-state index in [-0.39, 0.29) is 11.8 Å². The van der Waals surface area contributed by atoms with Crippen LogP contribution in [0.2, 0.25) is 0 Å². The van der Waals surface area contributed by atoms with Crippen molar-refractivity contribution in [3.05, 3.63) is 21.4 Å². The van der Waals surface area contributed by atoms with Gasteiger partial charge in [0, 0.05) is 17.3 Å². The third-order valence-electron chi connectivity index (χ3n) is 4.47. The van der Waals surface area contributed by atoms with Crippen LogP contribution in [-0.4, -0.2) is 28.5 Å². The van der Waals surface area contributed by atoms with Crippen molar-refractivity contribution in [1.82, 2.24) is 10.4 Å². The van der Waals surface area contributed by atoms with Gasteiger partial charge in [-0.3, -0.25) is 14.8 Å². The summed E-state index contributed by atoms with van der Waals surface area (Å²) in [4.78, 5) is 27.6. The number of thiophene rings is 1. The SMILES string of the molecule is O=C(NO)c1cc2c(s1)CN(C(=O)C1CCCCC1)CC2. The van der Waals surface area contributed by atoms with Crippen LogP contribution >= 0.6 is 11.3 Å². The number of rotatable bonds is 2. The molecular formula is C15H20N2O3S. The van der Waals surface area contributed by atoms with Crippen LogP contribution in [0, 0.1) is 5.92 Å². The molecule has 1 fully saturated rings. The van der Waals surface area contributed by atoms with Crippen molar-refractivity contribution in [3.63, 3.8) is 0 Å². The van der Waals surface area contributed by atoms with Gasteiger partial charge in [-0.15, -0.1) is 11.3 Å². The lowest BCUT2D eigenvalue weighted by molar-refractivity contribution is -0.137. The molecule has 0 unspecified atom stereocenters. The highest BCUT2D eigenvalue weighted by atomic mass is 32.1. The molecule has 3 rings (SSSR count). The van der Waals surface area contributed by atoms with Gasteiger partial charge < -0.3 is 4.90 Å². The second-order valence-corrected chi connectivity index (χ2v) is 6.98. The molecular weight excluding hydrogens is 288 g/mol. The third kappa shape index (κ3) is 2.96. The van der Waals surface area contributed by atoms with E-state index in [1.807, 2.05) is 11.0 Å². The van der Waals surface area contributed by atoms with Crippen molar-refractivity contribution in [1.29, 1.82) is 0 Å². The summed E-state index contributed by atoms with van der Waals surface area (Å²) >= 11 is 1.37. The van der Waals surface area contributed by atoms with Crippen molar-refractivity contribution in [2.24, 2.45) is 5.92 Å². The predicted molar refractivity (Wildman–Crippen MR) is 79.3 cm³/mol. The molecule has 0 aromatic carbocycles. The maximum absolute atomic E-state index is 12.6. The average Bonchev–Trinajstić information content (AvgIpc) is 2.97. The van der Waals surface area contributed by atoms with Gasteiger partial charge in [-0.1, -0.05) is 19.3 Å².